The van der Waals surface area contributed by atoms with Gasteiger partial charge in [0.1, 0.15) is 5.82 Å². The Hall–Kier alpha value is -4.11. The fourth-order valence-corrected chi connectivity index (χ4v) is 4.70. The fourth-order valence-electron chi connectivity index (χ4n) is 4.70. The van der Waals surface area contributed by atoms with Crippen LogP contribution >= 0.6 is 0 Å². The molecule has 158 valence electrons. The van der Waals surface area contributed by atoms with Crippen molar-refractivity contribution in [2.45, 2.75) is 19.8 Å². The molecule has 0 fully saturated rings. The Morgan fingerprint density at radius 2 is 2.00 bits per heavy atom. The number of carbonyl (C=O) groups excluding carboxylic acids is 2. The number of anilines is 1. The maximum absolute atomic E-state index is 15.7. The van der Waals surface area contributed by atoms with Gasteiger partial charge in [0.25, 0.3) is 0 Å². The van der Waals surface area contributed by atoms with Crippen LogP contribution in [0.4, 0.5) is 10.1 Å². The number of hydrogen-bond acceptors (Lipinski definition) is 2. The normalized spacial score (nSPS) is 12.6. The number of H-pyrrole nitrogens is 1. The molecule has 4 aromatic rings. The van der Waals surface area contributed by atoms with Crippen LogP contribution in [0.1, 0.15) is 18.1 Å². The summed E-state index contributed by atoms with van der Waals surface area (Å²) in [6, 6.07) is 14.6. The Bertz CT molecular complexity index is 1490. The monoisotopic (exact) mass is 425 g/mol. The average molecular weight is 425 g/mol. The number of primary amides is 1. The van der Waals surface area contributed by atoms with Gasteiger partial charge in [0.2, 0.25) is 5.91 Å². The molecule has 0 spiro atoms. The quantitative estimate of drug-likeness (QED) is 0.486. The van der Waals surface area contributed by atoms with Crippen molar-refractivity contribution < 1.29 is 14.0 Å². The average Bonchev–Trinajstić information content (AvgIpc) is 3.36. The molecule has 6 heteroatoms. The lowest BCUT2D eigenvalue weighted by Gasteiger charge is -2.16. The molecule has 2 amide bonds. The number of aromatic amines is 1. The molecule has 1 aliphatic rings. The lowest BCUT2D eigenvalue weighted by atomic mass is 9.91. The highest BCUT2D eigenvalue weighted by Gasteiger charge is 2.28. The highest BCUT2D eigenvalue weighted by Crippen LogP contribution is 2.43. The summed E-state index contributed by atoms with van der Waals surface area (Å²) < 4.78 is 15.7. The van der Waals surface area contributed by atoms with Crippen molar-refractivity contribution in [1.82, 2.24) is 4.98 Å². The number of fused-ring (bicyclic) bond motifs is 4. The molecule has 0 aliphatic carbocycles. The molecular formula is C26H20FN3O2. The molecule has 0 radical (unpaired) electrons. The number of hydrogen-bond donors (Lipinski definition) is 2. The number of amides is 2. The number of para-hydroxylation sites is 1. The zero-order chi connectivity index (χ0) is 22.4. The van der Waals surface area contributed by atoms with Crippen LogP contribution in [-0.2, 0) is 22.4 Å². The van der Waals surface area contributed by atoms with Gasteiger partial charge in [-0.3, -0.25) is 9.59 Å². The maximum atomic E-state index is 15.7. The van der Waals surface area contributed by atoms with Crippen LogP contribution < -0.4 is 10.6 Å². The van der Waals surface area contributed by atoms with Crippen molar-refractivity contribution in [3.05, 3.63) is 65.5 Å². The van der Waals surface area contributed by atoms with E-state index in [0.717, 1.165) is 27.7 Å². The SMILES string of the molecule is CC#CC(=O)N1CCc2c(-c3c(F)cc(CC(N)=O)c4[nH]c5ccccc5c34)cccc21. The van der Waals surface area contributed by atoms with Crippen molar-refractivity contribution in [3.8, 4) is 23.0 Å². The summed E-state index contributed by atoms with van der Waals surface area (Å²) in [5, 5.41) is 1.58. The lowest BCUT2D eigenvalue weighted by molar-refractivity contribution is -0.117. The van der Waals surface area contributed by atoms with Crippen molar-refractivity contribution in [2.24, 2.45) is 5.73 Å². The van der Waals surface area contributed by atoms with Gasteiger partial charge in [0.15, 0.2) is 0 Å². The van der Waals surface area contributed by atoms with Gasteiger partial charge >= 0.3 is 5.91 Å². The molecule has 1 aromatic heterocycles. The predicted molar refractivity (Wildman–Crippen MR) is 124 cm³/mol. The van der Waals surface area contributed by atoms with E-state index in [1.165, 1.54) is 6.07 Å². The van der Waals surface area contributed by atoms with Crippen molar-refractivity contribution in [1.29, 1.82) is 0 Å². The maximum Gasteiger partial charge on any atom is 0.302 e. The Balaban J connectivity index is 1.81. The van der Waals surface area contributed by atoms with E-state index < -0.39 is 11.7 Å². The Kier molecular flexibility index (Phi) is 4.67. The molecule has 0 unspecified atom stereocenters. The minimum atomic E-state index is -0.524. The second-order valence-corrected chi connectivity index (χ2v) is 7.84. The molecule has 5 rings (SSSR count). The van der Waals surface area contributed by atoms with Gasteiger partial charge in [-0.15, -0.1) is 0 Å². The van der Waals surface area contributed by atoms with Gasteiger partial charge in [-0.2, -0.15) is 0 Å². The van der Waals surface area contributed by atoms with Gasteiger partial charge in [-0.25, -0.2) is 4.39 Å². The van der Waals surface area contributed by atoms with E-state index in [2.05, 4.69) is 16.8 Å². The summed E-state index contributed by atoms with van der Waals surface area (Å²) in [5.74, 6) is 4.02. The number of nitrogens with zero attached hydrogens (tertiary/aromatic N) is 1. The number of benzene rings is 3. The first-order chi connectivity index (χ1) is 15.5. The summed E-state index contributed by atoms with van der Waals surface area (Å²) in [4.78, 5) is 29.1. The first-order valence-corrected chi connectivity index (χ1v) is 10.4. The van der Waals surface area contributed by atoms with Crippen LogP contribution in [0.3, 0.4) is 0 Å². The molecule has 0 saturated carbocycles. The zero-order valence-electron chi connectivity index (χ0n) is 17.5. The minimum Gasteiger partial charge on any atom is -0.369 e. The second kappa shape index (κ2) is 7.54. The van der Waals surface area contributed by atoms with Crippen molar-refractivity contribution in [2.75, 3.05) is 11.4 Å². The Morgan fingerprint density at radius 3 is 2.78 bits per heavy atom. The van der Waals surface area contributed by atoms with Crippen LogP contribution in [0.2, 0.25) is 0 Å². The lowest BCUT2D eigenvalue weighted by Crippen LogP contribution is -2.27. The first-order valence-electron chi connectivity index (χ1n) is 10.4. The third-order valence-corrected chi connectivity index (χ3v) is 5.96. The topological polar surface area (TPSA) is 79.2 Å². The molecule has 0 bridgehead atoms. The Labute approximate surface area is 184 Å². The standard InChI is InChI=1S/C26H20FN3O2/c1-2-6-23(32)30-12-11-16-17(8-5-10-21(16)30)24-19(27)13-15(14-22(28)31)26-25(24)18-7-3-4-9-20(18)29-26/h3-5,7-10,13,29H,11-12,14H2,1H3,(H2,28,31). The largest absolute Gasteiger partial charge is 0.369 e. The zero-order valence-corrected chi connectivity index (χ0v) is 17.5. The van der Waals surface area contributed by atoms with Crippen LogP contribution in [0.15, 0.2) is 48.5 Å². The molecule has 32 heavy (non-hydrogen) atoms. The molecule has 2 heterocycles. The van der Waals surface area contributed by atoms with Crippen LogP contribution in [0, 0.1) is 17.7 Å². The van der Waals surface area contributed by atoms with Gasteiger partial charge in [0, 0.05) is 34.1 Å². The van der Waals surface area contributed by atoms with Gasteiger partial charge in [0.05, 0.1) is 11.9 Å². The molecule has 5 nitrogen and oxygen atoms in total. The van der Waals surface area contributed by atoms with Crippen molar-refractivity contribution >= 4 is 39.3 Å². The molecular weight excluding hydrogens is 405 g/mol. The van der Waals surface area contributed by atoms with Crippen LogP contribution in [0.5, 0.6) is 0 Å². The third kappa shape index (κ3) is 3.02. The molecule has 1 aliphatic heterocycles. The highest BCUT2D eigenvalue weighted by atomic mass is 19.1. The summed E-state index contributed by atoms with van der Waals surface area (Å²) >= 11 is 0. The van der Waals surface area contributed by atoms with Crippen molar-refractivity contribution in [3.63, 3.8) is 0 Å². The number of halogens is 1. The van der Waals surface area contributed by atoms with Gasteiger partial charge in [-0.05, 0) is 54.2 Å². The number of nitrogens with one attached hydrogen (secondary N) is 1. The Morgan fingerprint density at radius 1 is 1.19 bits per heavy atom. The third-order valence-electron chi connectivity index (χ3n) is 5.96. The first kappa shape index (κ1) is 19.8. The summed E-state index contributed by atoms with van der Waals surface area (Å²) in [6.45, 7) is 2.13. The smallest absolute Gasteiger partial charge is 0.302 e. The van der Waals surface area contributed by atoms with Crippen LogP contribution in [0.25, 0.3) is 32.9 Å². The minimum absolute atomic E-state index is 0.0641. The molecule has 3 N–H and O–H groups in total. The summed E-state index contributed by atoms with van der Waals surface area (Å²) in [7, 11) is 0. The number of nitrogens with two attached hydrogens (primary N) is 1. The predicted octanol–water partition coefficient (Wildman–Crippen LogP) is 4.07. The highest BCUT2D eigenvalue weighted by molar-refractivity contribution is 6.16. The van der Waals surface area contributed by atoms with E-state index >= 15 is 4.39 Å². The summed E-state index contributed by atoms with van der Waals surface area (Å²) in [5.41, 5.74) is 10.3. The fraction of sp³-hybridized carbons (Fsp3) is 0.154. The van der Waals surface area contributed by atoms with Gasteiger partial charge < -0.3 is 15.6 Å². The second-order valence-electron chi connectivity index (χ2n) is 7.84. The van der Waals surface area contributed by atoms with E-state index in [9.17, 15) is 9.59 Å². The van der Waals surface area contributed by atoms with Crippen LogP contribution in [-0.4, -0.2) is 23.3 Å². The number of rotatable bonds is 3. The number of carbonyl (C=O) groups is 2. The van der Waals surface area contributed by atoms with E-state index in [-0.39, 0.29) is 12.3 Å². The molecule has 0 atom stereocenters. The van der Waals surface area contributed by atoms with E-state index in [1.54, 1.807) is 11.8 Å². The van der Waals surface area contributed by atoms with E-state index in [1.807, 2.05) is 42.5 Å². The molecule has 0 saturated heterocycles. The van der Waals surface area contributed by atoms with E-state index in [4.69, 9.17) is 5.73 Å². The number of aromatic nitrogens is 1. The van der Waals surface area contributed by atoms with E-state index in [0.29, 0.717) is 35.0 Å². The van der Waals surface area contributed by atoms with Gasteiger partial charge in [-0.1, -0.05) is 36.3 Å². The molecule has 3 aromatic carbocycles. The summed E-state index contributed by atoms with van der Waals surface area (Å²) in [6.07, 6.45) is 0.542.